The number of fused-ring (bicyclic) bond motifs is 1. The number of nitrogens with one attached hydrogen (secondary N) is 2. The summed E-state index contributed by atoms with van der Waals surface area (Å²) in [6.45, 7) is 2.49. The highest BCUT2D eigenvalue weighted by Gasteiger charge is 2.30. The number of aromatic nitrogens is 1. The van der Waals surface area contributed by atoms with Crippen LogP contribution in [0.3, 0.4) is 0 Å². The highest BCUT2D eigenvalue weighted by atomic mass is 32.2. The van der Waals surface area contributed by atoms with E-state index < -0.39 is 22.7 Å². The van der Waals surface area contributed by atoms with Crippen molar-refractivity contribution in [3.63, 3.8) is 0 Å². The van der Waals surface area contributed by atoms with E-state index in [9.17, 15) is 21.6 Å². The first-order valence-corrected chi connectivity index (χ1v) is 15.8. The summed E-state index contributed by atoms with van der Waals surface area (Å²) < 4.78 is 76.1. The number of methoxy groups -OCH3 is 1. The molecule has 0 radical (unpaired) electrons. The lowest BCUT2D eigenvalue weighted by atomic mass is 9.99. The third kappa shape index (κ3) is 7.75. The van der Waals surface area contributed by atoms with Crippen molar-refractivity contribution in [1.82, 2.24) is 9.47 Å². The fraction of sp³-hybridized carbons (Fsp3) is 0.467. The molecule has 4 N–H and O–H groups in total. The Kier molecular flexibility index (Phi) is 9.41. The maximum Gasteiger partial charge on any atom is 0.406 e. The lowest BCUT2D eigenvalue weighted by molar-refractivity contribution is -0.140. The summed E-state index contributed by atoms with van der Waals surface area (Å²) in [5.74, 6) is 6.02. The van der Waals surface area contributed by atoms with Gasteiger partial charge in [0.25, 0.3) is 0 Å². The molecule has 9 nitrogen and oxygen atoms in total. The average Bonchev–Trinajstić information content (AvgIpc) is 3.32. The average molecular weight is 620 g/mol. The Labute approximate surface area is 249 Å². The van der Waals surface area contributed by atoms with Crippen molar-refractivity contribution in [2.24, 2.45) is 5.14 Å². The Morgan fingerprint density at radius 3 is 2.49 bits per heavy atom. The molecule has 0 amide bonds. The number of halogens is 3. The van der Waals surface area contributed by atoms with Crippen LogP contribution in [-0.2, 0) is 21.3 Å². The number of hydrogen-bond donors (Lipinski definition) is 3. The molecule has 13 heteroatoms. The van der Waals surface area contributed by atoms with Gasteiger partial charge in [-0.15, -0.1) is 0 Å². The van der Waals surface area contributed by atoms with E-state index in [4.69, 9.17) is 14.6 Å². The van der Waals surface area contributed by atoms with Gasteiger partial charge in [-0.25, -0.2) is 13.6 Å². The molecule has 2 aliphatic heterocycles. The number of rotatable bonds is 8. The molecule has 3 aromatic rings. The number of anilines is 2. The number of hydrogen-bond acceptors (Lipinski definition) is 7. The molecule has 0 unspecified atom stereocenters. The van der Waals surface area contributed by atoms with Crippen LogP contribution in [0, 0.1) is 11.8 Å². The summed E-state index contributed by atoms with van der Waals surface area (Å²) in [5.41, 5.74) is 1.96. The van der Waals surface area contributed by atoms with E-state index in [1.807, 2.05) is 6.07 Å². The Balaban J connectivity index is 1.33. The zero-order valence-corrected chi connectivity index (χ0v) is 24.7. The molecule has 43 heavy (non-hydrogen) atoms. The van der Waals surface area contributed by atoms with E-state index >= 15 is 0 Å². The summed E-state index contributed by atoms with van der Waals surface area (Å²) in [4.78, 5) is 2.43. The summed E-state index contributed by atoms with van der Waals surface area (Å²) in [6.07, 6.45) is -0.406. The van der Waals surface area contributed by atoms with Gasteiger partial charge < -0.3 is 29.6 Å². The third-order valence-electron chi connectivity index (χ3n) is 7.96. The molecule has 232 valence electrons. The van der Waals surface area contributed by atoms with Gasteiger partial charge in [0.15, 0.2) is 0 Å². The molecule has 0 aliphatic carbocycles. The van der Waals surface area contributed by atoms with E-state index in [1.54, 1.807) is 18.2 Å². The van der Waals surface area contributed by atoms with Gasteiger partial charge in [0.05, 0.1) is 35.4 Å². The Hall–Kier alpha value is -3.44. The third-order valence-corrected chi connectivity index (χ3v) is 8.88. The highest BCUT2D eigenvalue weighted by Crippen LogP contribution is 2.32. The molecule has 2 aliphatic rings. The topological polar surface area (TPSA) is 111 Å². The van der Waals surface area contributed by atoms with Crippen LogP contribution >= 0.6 is 0 Å². The minimum absolute atomic E-state index is 0.0788. The van der Waals surface area contributed by atoms with Gasteiger partial charge in [0, 0.05) is 55.5 Å². The number of nitrogens with two attached hydrogens (primary N) is 1. The number of sulfonamides is 1. The largest absolute Gasteiger partial charge is 0.495 e. The first-order valence-electron chi connectivity index (χ1n) is 14.2. The smallest absolute Gasteiger partial charge is 0.406 e. The minimum Gasteiger partial charge on any atom is -0.495 e. The van der Waals surface area contributed by atoms with Crippen LogP contribution in [0.2, 0.25) is 0 Å². The summed E-state index contributed by atoms with van der Waals surface area (Å²) in [7, 11) is -2.52. The summed E-state index contributed by atoms with van der Waals surface area (Å²) >= 11 is 0. The van der Waals surface area contributed by atoms with Gasteiger partial charge in [0.1, 0.15) is 12.3 Å². The molecule has 0 saturated carbocycles. The van der Waals surface area contributed by atoms with Crippen molar-refractivity contribution in [2.45, 2.75) is 55.4 Å². The summed E-state index contributed by atoms with van der Waals surface area (Å²) in [5, 5.41) is 12.5. The normalized spacial score (nSPS) is 17.4. The van der Waals surface area contributed by atoms with Crippen molar-refractivity contribution in [3.05, 3.63) is 48.2 Å². The monoisotopic (exact) mass is 619 g/mol. The van der Waals surface area contributed by atoms with Gasteiger partial charge in [-0.3, -0.25) is 0 Å². The molecule has 3 heterocycles. The van der Waals surface area contributed by atoms with E-state index in [0.717, 1.165) is 57.7 Å². The zero-order chi connectivity index (χ0) is 30.6. The maximum absolute atomic E-state index is 13.6. The van der Waals surface area contributed by atoms with Crippen LogP contribution < -0.4 is 20.5 Å². The second-order valence-electron chi connectivity index (χ2n) is 10.8. The highest BCUT2D eigenvalue weighted by molar-refractivity contribution is 7.89. The number of piperidine rings is 1. The Morgan fingerprint density at radius 2 is 1.81 bits per heavy atom. The first kappa shape index (κ1) is 31.0. The van der Waals surface area contributed by atoms with Gasteiger partial charge >= 0.3 is 6.18 Å². The van der Waals surface area contributed by atoms with Gasteiger partial charge in [-0.2, -0.15) is 13.2 Å². The summed E-state index contributed by atoms with van der Waals surface area (Å²) in [6, 6.07) is 12.0. The van der Waals surface area contributed by atoms with Crippen LogP contribution in [0.25, 0.3) is 10.9 Å². The standard InChI is InChI=1S/C30H36F3N5O4S/c1-41-29-19-24(43(34,39)40)7-8-27(29)35-13-3-4-23-18-25-26(5-2-6-28(25)38(23)20-30(31,32)33)36-21-9-14-37(15-10-21)22-11-16-42-17-12-22/h2,5-8,18-19,21-22,35-36H,9-17,20H2,1H3,(H2,34,39,40). The zero-order valence-electron chi connectivity index (χ0n) is 23.9. The first-order chi connectivity index (χ1) is 20.5. The van der Waals surface area contributed by atoms with Gasteiger partial charge in [-0.1, -0.05) is 12.0 Å². The number of nitrogens with zero attached hydrogens (tertiary/aromatic N) is 2. The second-order valence-corrected chi connectivity index (χ2v) is 12.4. The van der Waals surface area contributed by atoms with Crippen molar-refractivity contribution in [1.29, 1.82) is 0 Å². The lowest BCUT2D eigenvalue weighted by Gasteiger charge is -2.39. The predicted octanol–water partition coefficient (Wildman–Crippen LogP) is 4.38. The molecule has 2 aromatic carbocycles. The van der Waals surface area contributed by atoms with Gasteiger partial charge in [-0.05, 0) is 61.9 Å². The predicted molar refractivity (Wildman–Crippen MR) is 160 cm³/mol. The second kappa shape index (κ2) is 13.1. The van der Waals surface area contributed by atoms with Crippen molar-refractivity contribution in [2.75, 3.05) is 50.6 Å². The molecule has 0 bridgehead atoms. The van der Waals surface area contributed by atoms with Gasteiger partial charge in [0.2, 0.25) is 10.0 Å². The van der Waals surface area contributed by atoms with Crippen LogP contribution in [-0.4, -0.2) is 76.1 Å². The van der Waals surface area contributed by atoms with E-state index in [0.29, 0.717) is 22.6 Å². The van der Waals surface area contributed by atoms with Crippen molar-refractivity contribution < 1.29 is 31.1 Å². The van der Waals surface area contributed by atoms with E-state index in [1.165, 1.54) is 29.9 Å². The molecule has 2 saturated heterocycles. The lowest BCUT2D eigenvalue weighted by Crippen LogP contribution is -2.46. The van der Waals surface area contributed by atoms with Crippen LogP contribution in [0.15, 0.2) is 47.4 Å². The molecule has 2 fully saturated rings. The number of likely N-dealkylation sites (tertiary alicyclic amines) is 1. The number of benzene rings is 2. The van der Waals surface area contributed by atoms with Crippen molar-refractivity contribution >= 4 is 32.3 Å². The maximum atomic E-state index is 13.6. The van der Waals surface area contributed by atoms with E-state index in [-0.39, 0.29) is 28.9 Å². The Morgan fingerprint density at radius 1 is 1.07 bits per heavy atom. The number of primary sulfonamides is 1. The molecular formula is C30H36F3N5O4S. The molecular weight excluding hydrogens is 583 g/mol. The SMILES string of the molecule is COc1cc(S(N)(=O)=O)ccc1NCC#Cc1cc2c(NC3CCN(C4CCOCC4)CC3)cccc2n1CC(F)(F)F. The number of alkyl halides is 3. The fourth-order valence-electron chi connectivity index (χ4n) is 5.81. The molecule has 0 atom stereocenters. The van der Waals surface area contributed by atoms with E-state index in [2.05, 4.69) is 27.4 Å². The van der Waals surface area contributed by atoms with Crippen LogP contribution in [0.5, 0.6) is 5.75 Å². The fourth-order valence-corrected chi connectivity index (χ4v) is 6.34. The minimum atomic E-state index is -4.43. The molecule has 0 spiro atoms. The van der Waals surface area contributed by atoms with Crippen LogP contribution in [0.4, 0.5) is 24.5 Å². The quantitative estimate of drug-likeness (QED) is 0.321. The molecule has 5 rings (SSSR count). The number of ether oxygens (including phenoxy) is 2. The Bertz CT molecular complexity index is 1600. The molecule has 1 aromatic heterocycles. The van der Waals surface area contributed by atoms with Crippen LogP contribution in [0.1, 0.15) is 31.4 Å². The van der Waals surface area contributed by atoms with Crippen molar-refractivity contribution in [3.8, 4) is 17.6 Å².